The third-order valence-electron chi connectivity index (χ3n) is 5.59. The molecule has 1 N–H and O–H groups in total. The molecule has 0 saturated heterocycles. The van der Waals surface area contributed by atoms with Gasteiger partial charge in [0, 0.05) is 49.8 Å². The number of hydrogen-bond acceptors (Lipinski definition) is 1. The fraction of sp³-hybridized carbons (Fsp3) is 0.200. The lowest BCUT2D eigenvalue weighted by molar-refractivity contribution is 0.681. The summed E-state index contributed by atoms with van der Waals surface area (Å²) in [6.07, 6.45) is 0.841. The number of halogens is 4. The van der Waals surface area contributed by atoms with Gasteiger partial charge >= 0.3 is 0 Å². The number of rotatable bonds is 7. The normalized spacial score (nSPS) is 11.4. The van der Waals surface area contributed by atoms with Crippen molar-refractivity contribution in [2.24, 2.45) is 0 Å². The van der Waals surface area contributed by atoms with E-state index in [1.165, 1.54) is 22.2 Å². The van der Waals surface area contributed by atoms with Gasteiger partial charge in [0.15, 0.2) is 0 Å². The molecule has 0 amide bonds. The van der Waals surface area contributed by atoms with Crippen LogP contribution in [0.15, 0.2) is 60.7 Å². The highest BCUT2D eigenvalue weighted by Gasteiger charge is 2.15. The highest BCUT2D eigenvalue weighted by atomic mass is 35.5. The monoisotopic (exact) mass is 490 g/mol. The Morgan fingerprint density at radius 2 is 1.45 bits per heavy atom. The maximum Gasteiger partial charge on any atom is 0.0493 e. The van der Waals surface area contributed by atoms with Crippen LogP contribution in [0.25, 0.3) is 10.9 Å². The molecule has 3 aromatic carbocycles. The van der Waals surface area contributed by atoms with Gasteiger partial charge in [-0.25, -0.2) is 0 Å². The maximum atomic E-state index is 6.44. The summed E-state index contributed by atoms with van der Waals surface area (Å²) in [6.45, 7) is 4.46. The summed E-state index contributed by atoms with van der Waals surface area (Å²) in [5.74, 6) is 0. The Balaban J connectivity index is 1.53. The summed E-state index contributed by atoms with van der Waals surface area (Å²) >= 11 is 24.8. The maximum absolute atomic E-state index is 6.44. The van der Waals surface area contributed by atoms with Gasteiger partial charge in [-0.3, -0.25) is 0 Å². The molecule has 4 aromatic rings. The highest BCUT2D eigenvalue weighted by molar-refractivity contribution is 6.35. The highest BCUT2D eigenvalue weighted by Crippen LogP contribution is 2.29. The predicted octanol–water partition coefficient (Wildman–Crippen LogP) is 7.94. The fourth-order valence-corrected chi connectivity index (χ4v) is 4.88. The van der Waals surface area contributed by atoms with E-state index in [0.717, 1.165) is 30.6 Å². The topological polar surface area (TPSA) is 17.0 Å². The molecule has 0 saturated carbocycles. The minimum absolute atomic E-state index is 0.647. The van der Waals surface area contributed by atoms with E-state index in [9.17, 15) is 0 Å². The molecule has 0 aliphatic rings. The first kappa shape index (κ1) is 22.5. The Bertz CT molecular complexity index is 1230. The van der Waals surface area contributed by atoms with E-state index in [-0.39, 0.29) is 0 Å². The summed E-state index contributed by atoms with van der Waals surface area (Å²) < 4.78 is 2.32. The molecule has 160 valence electrons. The molecule has 0 fully saturated rings. The van der Waals surface area contributed by atoms with Crippen molar-refractivity contribution >= 4 is 57.3 Å². The van der Waals surface area contributed by atoms with Gasteiger partial charge in [-0.15, -0.1) is 0 Å². The minimum atomic E-state index is 0.647. The van der Waals surface area contributed by atoms with Crippen molar-refractivity contribution < 1.29 is 0 Å². The van der Waals surface area contributed by atoms with Crippen LogP contribution in [0.1, 0.15) is 22.4 Å². The summed E-state index contributed by atoms with van der Waals surface area (Å²) in [4.78, 5) is 0. The van der Waals surface area contributed by atoms with Crippen molar-refractivity contribution in [1.82, 2.24) is 9.88 Å². The lowest BCUT2D eigenvalue weighted by Gasteiger charge is -2.11. The predicted molar refractivity (Wildman–Crippen MR) is 134 cm³/mol. The molecule has 6 heteroatoms. The zero-order chi connectivity index (χ0) is 22.0. The summed E-state index contributed by atoms with van der Waals surface area (Å²) in [7, 11) is 0. The van der Waals surface area contributed by atoms with Crippen molar-refractivity contribution in [3.05, 3.63) is 103 Å². The van der Waals surface area contributed by atoms with E-state index in [0.29, 0.717) is 26.6 Å². The van der Waals surface area contributed by atoms with Gasteiger partial charge < -0.3 is 9.88 Å². The van der Waals surface area contributed by atoms with Crippen molar-refractivity contribution in [2.45, 2.75) is 26.4 Å². The van der Waals surface area contributed by atoms with Gasteiger partial charge in [0.1, 0.15) is 0 Å². The van der Waals surface area contributed by atoms with Crippen molar-refractivity contribution in [3.63, 3.8) is 0 Å². The van der Waals surface area contributed by atoms with E-state index < -0.39 is 0 Å². The molecule has 0 bridgehead atoms. The fourth-order valence-electron chi connectivity index (χ4n) is 3.91. The Labute approximate surface area is 202 Å². The third-order valence-corrected chi connectivity index (χ3v) is 6.77. The van der Waals surface area contributed by atoms with Crippen molar-refractivity contribution in [3.8, 4) is 0 Å². The molecule has 2 nitrogen and oxygen atoms in total. The van der Waals surface area contributed by atoms with Crippen LogP contribution >= 0.6 is 46.4 Å². The first-order valence-electron chi connectivity index (χ1n) is 10.1. The number of aromatic nitrogens is 1. The number of para-hydroxylation sites is 1. The molecule has 0 aliphatic heterocycles. The Kier molecular flexibility index (Phi) is 7.15. The first-order valence-corrected chi connectivity index (χ1v) is 11.6. The number of nitrogens with one attached hydrogen (secondary N) is 1. The molecule has 0 spiro atoms. The molecule has 1 heterocycles. The Hall–Kier alpha value is -1.68. The average molecular weight is 492 g/mol. The molecular formula is C25H22Cl4N2. The van der Waals surface area contributed by atoms with Crippen LogP contribution in [0.3, 0.4) is 0 Å². The van der Waals surface area contributed by atoms with Crippen molar-refractivity contribution in [2.75, 3.05) is 6.54 Å². The number of benzene rings is 3. The van der Waals surface area contributed by atoms with E-state index in [4.69, 9.17) is 46.4 Å². The second-order valence-corrected chi connectivity index (χ2v) is 9.25. The van der Waals surface area contributed by atoms with Crippen LogP contribution in [0.4, 0.5) is 0 Å². The molecule has 1 aromatic heterocycles. The van der Waals surface area contributed by atoms with E-state index >= 15 is 0 Å². The van der Waals surface area contributed by atoms with Gasteiger partial charge in [-0.1, -0.05) is 76.7 Å². The molecule has 31 heavy (non-hydrogen) atoms. The van der Waals surface area contributed by atoms with E-state index in [1.54, 1.807) is 12.1 Å². The average Bonchev–Trinajstić information content (AvgIpc) is 3.00. The summed E-state index contributed by atoms with van der Waals surface area (Å²) in [6, 6.07) is 19.8. The lowest BCUT2D eigenvalue weighted by Crippen LogP contribution is -2.17. The zero-order valence-electron chi connectivity index (χ0n) is 17.1. The standard InChI is InChI=1S/C25H22Cl4N2/c1-16-22(14-30-11-10-17-6-8-19(26)12-23(17)28)21-4-2-3-5-25(21)31(16)15-18-7-9-20(27)13-24(18)29/h2-9,12-13,30H,10-11,14-15H2,1H3. The molecule has 0 atom stereocenters. The van der Waals surface area contributed by atoms with Crippen LogP contribution in [0.2, 0.25) is 20.1 Å². The molecule has 4 rings (SSSR count). The van der Waals surface area contributed by atoms with Gasteiger partial charge in [0.2, 0.25) is 0 Å². The van der Waals surface area contributed by atoms with Crippen LogP contribution in [0.5, 0.6) is 0 Å². The first-order chi connectivity index (χ1) is 14.9. The van der Waals surface area contributed by atoms with Crippen LogP contribution in [-0.2, 0) is 19.5 Å². The zero-order valence-corrected chi connectivity index (χ0v) is 20.1. The second-order valence-electron chi connectivity index (χ2n) is 7.57. The van der Waals surface area contributed by atoms with Crippen LogP contribution in [-0.4, -0.2) is 11.1 Å². The number of nitrogens with zero attached hydrogens (tertiary/aromatic N) is 1. The largest absolute Gasteiger partial charge is 0.340 e. The smallest absolute Gasteiger partial charge is 0.0493 e. The van der Waals surface area contributed by atoms with Gasteiger partial charge in [-0.05, 0) is 66.9 Å². The molecular weight excluding hydrogens is 470 g/mol. The lowest BCUT2D eigenvalue weighted by atomic mass is 10.1. The molecule has 0 aliphatic carbocycles. The van der Waals surface area contributed by atoms with Crippen molar-refractivity contribution in [1.29, 1.82) is 0 Å². The number of fused-ring (bicyclic) bond motifs is 1. The van der Waals surface area contributed by atoms with Gasteiger partial charge in [-0.2, -0.15) is 0 Å². The summed E-state index contributed by atoms with van der Waals surface area (Å²) in [5.41, 5.74) is 5.86. The van der Waals surface area contributed by atoms with E-state index in [1.807, 2.05) is 24.3 Å². The minimum Gasteiger partial charge on any atom is -0.340 e. The Morgan fingerprint density at radius 3 is 2.13 bits per heavy atom. The van der Waals surface area contributed by atoms with E-state index in [2.05, 4.69) is 41.1 Å². The second kappa shape index (κ2) is 9.85. The molecule has 0 unspecified atom stereocenters. The number of hydrogen-bond donors (Lipinski definition) is 1. The van der Waals surface area contributed by atoms with Crippen LogP contribution < -0.4 is 5.32 Å². The SMILES string of the molecule is Cc1c(CNCCc2ccc(Cl)cc2Cl)c2ccccc2n1Cc1ccc(Cl)cc1Cl. The quantitative estimate of drug-likeness (QED) is 0.259. The van der Waals surface area contributed by atoms with Gasteiger partial charge in [0.05, 0.1) is 0 Å². The Morgan fingerprint density at radius 1 is 0.806 bits per heavy atom. The van der Waals surface area contributed by atoms with Crippen LogP contribution in [0, 0.1) is 6.92 Å². The summed E-state index contributed by atoms with van der Waals surface area (Å²) in [5, 5.41) is 7.52. The van der Waals surface area contributed by atoms with Gasteiger partial charge in [0.25, 0.3) is 0 Å². The third kappa shape index (κ3) is 5.05. The molecule has 0 radical (unpaired) electrons.